The van der Waals surface area contributed by atoms with Crippen molar-refractivity contribution in [1.29, 1.82) is 0 Å². The van der Waals surface area contributed by atoms with E-state index in [-0.39, 0.29) is 0 Å². The van der Waals surface area contributed by atoms with E-state index in [4.69, 9.17) is 15.2 Å². The first kappa shape index (κ1) is 13.3. The molecular weight excluding hydrogens is 322 g/mol. The molecule has 0 bridgehead atoms. The lowest BCUT2D eigenvalue weighted by molar-refractivity contribution is 0.170. The molecular formula is C14H16BrN3O2. The molecule has 5 nitrogen and oxygen atoms in total. The molecule has 0 atom stereocenters. The maximum Gasteiger partial charge on any atom is 0.175 e. The molecule has 1 aliphatic heterocycles. The summed E-state index contributed by atoms with van der Waals surface area (Å²) in [7, 11) is 0. The lowest BCUT2D eigenvalue weighted by Gasteiger charge is -2.20. The molecule has 2 N–H and O–H groups in total. The maximum absolute atomic E-state index is 6.19. The van der Waals surface area contributed by atoms with Gasteiger partial charge in [0.05, 0.1) is 4.47 Å². The summed E-state index contributed by atoms with van der Waals surface area (Å²) >= 11 is 3.52. The van der Waals surface area contributed by atoms with E-state index in [2.05, 4.69) is 27.8 Å². The average Bonchev–Trinajstić information content (AvgIpc) is 2.73. The van der Waals surface area contributed by atoms with Crippen LogP contribution in [0.5, 0.6) is 11.5 Å². The second-order valence-corrected chi connectivity index (χ2v) is 5.47. The Kier molecular flexibility index (Phi) is 3.33. The second-order valence-electron chi connectivity index (χ2n) is 4.62. The summed E-state index contributed by atoms with van der Waals surface area (Å²) < 4.78 is 14.1. The van der Waals surface area contributed by atoms with Crippen LogP contribution in [0.3, 0.4) is 0 Å². The Morgan fingerprint density at radius 3 is 2.80 bits per heavy atom. The van der Waals surface area contributed by atoms with E-state index in [1.54, 1.807) is 0 Å². The first-order valence-corrected chi connectivity index (χ1v) is 7.33. The molecule has 0 unspecified atom stereocenters. The zero-order chi connectivity index (χ0) is 14.3. The van der Waals surface area contributed by atoms with Crippen molar-refractivity contribution in [2.75, 3.05) is 18.9 Å². The quantitative estimate of drug-likeness (QED) is 0.914. The predicted molar refractivity (Wildman–Crippen MR) is 81.2 cm³/mol. The normalized spacial score (nSPS) is 13.6. The number of rotatable bonds is 2. The number of fused-ring (bicyclic) bond motifs is 1. The van der Waals surface area contributed by atoms with Crippen molar-refractivity contribution in [1.82, 2.24) is 9.55 Å². The van der Waals surface area contributed by atoms with Gasteiger partial charge in [0, 0.05) is 12.1 Å². The van der Waals surface area contributed by atoms with E-state index < -0.39 is 0 Å². The molecule has 0 spiro atoms. The van der Waals surface area contributed by atoms with Crippen LogP contribution < -0.4 is 15.2 Å². The van der Waals surface area contributed by atoms with E-state index in [0.717, 1.165) is 39.6 Å². The fourth-order valence-electron chi connectivity index (χ4n) is 2.44. The van der Waals surface area contributed by atoms with Gasteiger partial charge < -0.3 is 19.8 Å². The first-order chi connectivity index (χ1) is 9.61. The molecule has 3 rings (SSSR count). The van der Waals surface area contributed by atoms with Crippen LogP contribution in [0.2, 0.25) is 0 Å². The van der Waals surface area contributed by atoms with Crippen LogP contribution in [-0.2, 0) is 6.54 Å². The number of hydrogen-bond acceptors (Lipinski definition) is 4. The van der Waals surface area contributed by atoms with Crippen LogP contribution in [0.25, 0.3) is 11.3 Å². The Labute approximate surface area is 125 Å². The average molecular weight is 338 g/mol. The van der Waals surface area contributed by atoms with Crippen molar-refractivity contribution >= 4 is 21.7 Å². The Morgan fingerprint density at radius 1 is 1.35 bits per heavy atom. The molecule has 1 aliphatic rings. The minimum atomic E-state index is 0.556. The predicted octanol–water partition coefficient (Wildman–Crippen LogP) is 2.99. The molecule has 106 valence electrons. The highest BCUT2D eigenvalue weighted by molar-refractivity contribution is 9.10. The molecule has 2 heterocycles. The maximum atomic E-state index is 6.19. The van der Waals surface area contributed by atoms with Gasteiger partial charge in [-0.05, 0) is 41.9 Å². The van der Waals surface area contributed by atoms with Crippen molar-refractivity contribution in [2.45, 2.75) is 20.4 Å². The molecule has 20 heavy (non-hydrogen) atoms. The summed E-state index contributed by atoms with van der Waals surface area (Å²) in [5, 5.41) is 0. The van der Waals surface area contributed by atoms with Gasteiger partial charge >= 0.3 is 0 Å². The molecule has 6 heteroatoms. The molecule has 0 amide bonds. The van der Waals surface area contributed by atoms with Crippen molar-refractivity contribution in [3.8, 4) is 22.8 Å². The molecule has 2 aromatic rings. The molecule has 0 aliphatic carbocycles. The van der Waals surface area contributed by atoms with Crippen molar-refractivity contribution in [3.05, 3.63) is 22.4 Å². The van der Waals surface area contributed by atoms with Gasteiger partial charge in [-0.3, -0.25) is 0 Å². The van der Waals surface area contributed by atoms with Gasteiger partial charge in [0.15, 0.2) is 11.5 Å². The number of nitrogens with two attached hydrogens (primary N) is 1. The smallest absolute Gasteiger partial charge is 0.175 e. The van der Waals surface area contributed by atoms with Crippen LogP contribution in [0.4, 0.5) is 5.82 Å². The van der Waals surface area contributed by atoms with Crippen LogP contribution in [0.15, 0.2) is 16.6 Å². The Balaban J connectivity index is 2.13. The van der Waals surface area contributed by atoms with Crippen molar-refractivity contribution in [2.24, 2.45) is 0 Å². The standard InChI is InChI=1S/C14H16BrN3O2/c1-3-18-8(2)17-12(14(18)16)9-6-10(15)13-11(7-9)19-4-5-20-13/h6-7H,3-5,16H2,1-2H3. The van der Waals surface area contributed by atoms with E-state index in [0.29, 0.717) is 19.0 Å². The molecule has 1 aromatic heterocycles. The second kappa shape index (κ2) is 5.01. The van der Waals surface area contributed by atoms with Gasteiger partial charge in [0.25, 0.3) is 0 Å². The summed E-state index contributed by atoms with van der Waals surface area (Å²) in [6.45, 7) is 5.93. The summed E-state index contributed by atoms with van der Waals surface area (Å²) in [5.41, 5.74) is 7.89. The summed E-state index contributed by atoms with van der Waals surface area (Å²) in [6, 6.07) is 3.89. The van der Waals surface area contributed by atoms with E-state index in [9.17, 15) is 0 Å². The van der Waals surface area contributed by atoms with Crippen LogP contribution in [0, 0.1) is 6.92 Å². The fraction of sp³-hybridized carbons (Fsp3) is 0.357. The first-order valence-electron chi connectivity index (χ1n) is 6.54. The number of nitrogens with zero attached hydrogens (tertiary/aromatic N) is 2. The third-order valence-corrected chi connectivity index (χ3v) is 3.97. The number of ether oxygens (including phenoxy) is 2. The topological polar surface area (TPSA) is 62.3 Å². The van der Waals surface area contributed by atoms with E-state index in [1.165, 1.54) is 0 Å². The van der Waals surface area contributed by atoms with Crippen molar-refractivity contribution in [3.63, 3.8) is 0 Å². The monoisotopic (exact) mass is 337 g/mol. The highest BCUT2D eigenvalue weighted by Gasteiger charge is 2.20. The number of benzene rings is 1. The van der Waals surface area contributed by atoms with Gasteiger partial charge in [0.1, 0.15) is 30.5 Å². The third-order valence-electron chi connectivity index (χ3n) is 3.38. The zero-order valence-electron chi connectivity index (χ0n) is 11.4. The number of aromatic nitrogens is 2. The van der Waals surface area contributed by atoms with Gasteiger partial charge in [-0.2, -0.15) is 0 Å². The number of nitrogen functional groups attached to an aromatic ring is 1. The van der Waals surface area contributed by atoms with Crippen LogP contribution in [-0.4, -0.2) is 22.8 Å². The Morgan fingerprint density at radius 2 is 2.10 bits per heavy atom. The zero-order valence-corrected chi connectivity index (χ0v) is 13.0. The van der Waals surface area contributed by atoms with Gasteiger partial charge in [-0.1, -0.05) is 0 Å². The molecule has 1 aromatic carbocycles. The number of halogens is 1. The molecule has 0 fully saturated rings. The molecule has 0 saturated heterocycles. The van der Waals surface area contributed by atoms with Crippen LogP contribution >= 0.6 is 15.9 Å². The SMILES string of the molecule is CCn1c(C)nc(-c2cc(Br)c3c(c2)OCCO3)c1N. The number of anilines is 1. The lowest BCUT2D eigenvalue weighted by atomic mass is 10.1. The minimum absolute atomic E-state index is 0.556. The largest absolute Gasteiger partial charge is 0.486 e. The van der Waals surface area contributed by atoms with Crippen molar-refractivity contribution < 1.29 is 9.47 Å². The van der Waals surface area contributed by atoms with Gasteiger partial charge in [0.2, 0.25) is 0 Å². The van der Waals surface area contributed by atoms with Gasteiger partial charge in [-0.15, -0.1) is 0 Å². The van der Waals surface area contributed by atoms with E-state index >= 15 is 0 Å². The number of aryl methyl sites for hydroxylation is 1. The van der Waals surface area contributed by atoms with E-state index in [1.807, 2.05) is 23.6 Å². The molecule has 0 radical (unpaired) electrons. The number of imidazole rings is 1. The minimum Gasteiger partial charge on any atom is -0.486 e. The molecule has 0 saturated carbocycles. The Hall–Kier alpha value is -1.69. The Bertz CT molecular complexity index is 667. The summed E-state index contributed by atoms with van der Waals surface area (Å²) in [5.74, 6) is 3.05. The summed E-state index contributed by atoms with van der Waals surface area (Å²) in [4.78, 5) is 4.56. The lowest BCUT2D eigenvalue weighted by Crippen LogP contribution is -2.15. The van der Waals surface area contributed by atoms with Crippen LogP contribution in [0.1, 0.15) is 12.7 Å². The fourth-order valence-corrected chi connectivity index (χ4v) is 3.00. The summed E-state index contributed by atoms with van der Waals surface area (Å²) in [6.07, 6.45) is 0. The highest BCUT2D eigenvalue weighted by Crippen LogP contribution is 2.42. The number of hydrogen-bond donors (Lipinski definition) is 1. The third kappa shape index (κ3) is 2.04. The van der Waals surface area contributed by atoms with Gasteiger partial charge in [-0.25, -0.2) is 4.98 Å². The highest BCUT2D eigenvalue weighted by atomic mass is 79.9.